The summed E-state index contributed by atoms with van der Waals surface area (Å²) in [6.45, 7) is 0.427. The number of phenolic OH excluding ortho intramolecular Hbond substituents is 1. The van der Waals surface area contributed by atoms with Crippen molar-refractivity contribution in [3.05, 3.63) is 52.8 Å². The molecule has 2 heterocycles. The molecule has 6 heteroatoms. The van der Waals surface area contributed by atoms with Crippen LogP contribution in [-0.2, 0) is 17.6 Å². The summed E-state index contributed by atoms with van der Waals surface area (Å²) in [5.74, 6) is -1.27. The van der Waals surface area contributed by atoms with Gasteiger partial charge < -0.3 is 15.3 Å². The molecular formula is C19H17FN2O3. The van der Waals surface area contributed by atoms with Crippen LogP contribution in [0.1, 0.15) is 34.3 Å². The number of para-hydroxylation sites is 1. The lowest BCUT2D eigenvalue weighted by atomic mass is 9.97. The Balaban J connectivity index is 1.75. The maximum atomic E-state index is 14.5. The summed E-state index contributed by atoms with van der Waals surface area (Å²) in [5.41, 5.74) is 2.48. The quantitative estimate of drug-likeness (QED) is 0.838. The third-order valence-corrected chi connectivity index (χ3v) is 4.76. The van der Waals surface area contributed by atoms with Crippen molar-refractivity contribution >= 4 is 23.2 Å². The van der Waals surface area contributed by atoms with Gasteiger partial charge in [0.1, 0.15) is 11.6 Å². The Morgan fingerprint density at radius 2 is 2.00 bits per heavy atom. The summed E-state index contributed by atoms with van der Waals surface area (Å²) in [7, 11) is 0. The van der Waals surface area contributed by atoms with Crippen LogP contribution >= 0.6 is 0 Å². The number of rotatable bonds is 1. The van der Waals surface area contributed by atoms with Gasteiger partial charge in [0.05, 0.1) is 11.3 Å². The molecule has 0 atom stereocenters. The van der Waals surface area contributed by atoms with Crippen LogP contribution in [0, 0.1) is 5.82 Å². The Morgan fingerprint density at radius 3 is 2.84 bits per heavy atom. The molecule has 0 radical (unpaired) electrons. The van der Waals surface area contributed by atoms with Gasteiger partial charge in [0, 0.05) is 18.7 Å². The highest BCUT2D eigenvalue weighted by atomic mass is 19.1. The molecule has 128 valence electrons. The molecule has 0 unspecified atom stereocenters. The molecule has 2 N–H and O–H groups in total. The summed E-state index contributed by atoms with van der Waals surface area (Å²) >= 11 is 0. The summed E-state index contributed by atoms with van der Waals surface area (Å²) < 4.78 is 14.5. The van der Waals surface area contributed by atoms with E-state index < -0.39 is 11.7 Å². The predicted molar refractivity (Wildman–Crippen MR) is 91.5 cm³/mol. The largest absolute Gasteiger partial charge is 0.506 e. The molecule has 0 aromatic heterocycles. The number of fused-ring (bicyclic) bond motifs is 2. The number of halogens is 1. The van der Waals surface area contributed by atoms with Crippen LogP contribution in [-0.4, -0.2) is 23.5 Å². The lowest BCUT2D eigenvalue weighted by molar-refractivity contribution is -0.116. The number of aryl methyl sites for hydroxylation is 2. The van der Waals surface area contributed by atoms with Crippen LogP contribution in [0.15, 0.2) is 30.3 Å². The van der Waals surface area contributed by atoms with Crippen LogP contribution < -0.4 is 10.2 Å². The van der Waals surface area contributed by atoms with E-state index in [1.54, 1.807) is 6.07 Å². The van der Waals surface area contributed by atoms with Crippen LogP contribution in [0.2, 0.25) is 0 Å². The van der Waals surface area contributed by atoms with Crippen molar-refractivity contribution in [1.82, 2.24) is 0 Å². The fourth-order valence-electron chi connectivity index (χ4n) is 3.55. The second kappa shape index (κ2) is 5.88. The molecule has 0 saturated carbocycles. The summed E-state index contributed by atoms with van der Waals surface area (Å²) in [4.78, 5) is 25.9. The molecule has 2 amide bonds. The molecule has 2 aromatic rings. The van der Waals surface area contributed by atoms with Crippen molar-refractivity contribution in [2.45, 2.75) is 25.7 Å². The number of aromatic hydroxyl groups is 1. The van der Waals surface area contributed by atoms with Gasteiger partial charge in [0.15, 0.2) is 0 Å². The Morgan fingerprint density at radius 1 is 1.16 bits per heavy atom. The Kier molecular flexibility index (Phi) is 3.67. The minimum Gasteiger partial charge on any atom is -0.506 e. The van der Waals surface area contributed by atoms with E-state index in [1.165, 1.54) is 23.1 Å². The zero-order chi connectivity index (χ0) is 17.6. The average Bonchev–Trinajstić information content (AvgIpc) is 2.60. The fraction of sp³-hybridized carbons (Fsp3) is 0.263. The maximum Gasteiger partial charge on any atom is 0.261 e. The van der Waals surface area contributed by atoms with Crippen molar-refractivity contribution in [2.24, 2.45) is 0 Å². The number of amides is 2. The van der Waals surface area contributed by atoms with E-state index in [-0.39, 0.29) is 17.2 Å². The van der Waals surface area contributed by atoms with Crippen molar-refractivity contribution in [3.8, 4) is 5.75 Å². The van der Waals surface area contributed by atoms with Crippen molar-refractivity contribution in [2.75, 3.05) is 16.8 Å². The molecule has 0 spiro atoms. The number of carbonyl (C=O) groups excluding carboxylic acids is 2. The number of benzene rings is 2. The van der Waals surface area contributed by atoms with E-state index in [2.05, 4.69) is 5.32 Å². The monoisotopic (exact) mass is 340 g/mol. The van der Waals surface area contributed by atoms with Gasteiger partial charge in [0.25, 0.3) is 5.91 Å². The molecule has 2 aliphatic rings. The molecule has 0 bridgehead atoms. The highest BCUT2D eigenvalue weighted by Gasteiger charge is 2.29. The lowest BCUT2D eigenvalue weighted by Crippen LogP contribution is -2.36. The van der Waals surface area contributed by atoms with Crippen molar-refractivity contribution in [1.29, 1.82) is 0 Å². The lowest BCUT2D eigenvalue weighted by Gasteiger charge is -2.30. The maximum absolute atomic E-state index is 14.5. The number of hydrogen-bond donors (Lipinski definition) is 2. The predicted octanol–water partition coefficient (Wildman–Crippen LogP) is 3.01. The standard InChI is InChI=1S/C19H17FN2O3/c20-14-10-15-12(6-7-17(24)21-15)9-13(14)19(25)22-8-2-4-11-3-1-5-16(23)18(11)22/h1,3,5,9-10,23H,2,4,6-8H2,(H,21,24). The smallest absolute Gasteiger partial charge is 0.261 e. The number of carbonyl (C=O) groups is 2. The minimum absolute atomic E-state index is 0.0242. The van der Waals surface area contributed by atoms with E-state index in [0.717, 1.165) is 24.0 Å². The SMILES string of the molecule is O=C1CCc2cc(C(=O)N3CCCc4cccc(O)c43)c(F)cc2N1. The molecule has 0 aliphatic carbocycles. The van der Waals surface area contributed by atoms with Gasteiger partial charge >= 0.3 is 0 Å². The third-order valence-electron chi connectivity index (χ3n) is 4.76. The first-order valence-corrected chi connectivity index (χ1v) is 8.29. The van der Waals surface area contributed by atoms with E-state index in [9.17, 15) is 19.1 Å². The molecular weight excluding hydrogens is 323 g/mol. The molecule has 25 heavy (non-hydrogen) atoms. The van der Waals surface area contributed by atoms with E-state index >= 15 is 0 Å². The number of anilines is 2. The van der Waals surface area contributed by atoms with Crippen LogP contribution in [0.5, 0.6) is 5.75 Å². The van der Waals surface area contributed by atoms with Crippen LogP contribution in [0.4, 0.5) is 15.8 Å². The number of phenols is 1. The first-order chi connectivity index (χ1) is 12.0. The van der Waals surface area contributed by atoms with Gasteiger partial charge in [-0.05, 0) is 48.6 Å². The number of nitrogens with zero attached hydrogens (tertiary/aromatic N) is 1. The first-order valence-electron chi connectivity index (χ1n) is 8.29. The number of hydrogen-bond acceptors (Lipinski definition) is 3. The second-order valence-electron chi connectivity index (χ2n) is 6.38. The number of nitrogens with one attached hydrogen (secondary N) is 1. The fourth-order valence-corrected chi connectivity index (χ4v) is 3.55. The zero-order valence-electron chi connectivity index (χ0n) is 13.5. The van der Waals surface area contributed by atoms with Gasteiger partial charge in [-0.15, -0.1) is 0 Å². The molecule has 5 nitrogen and oxygen atoms in total. The van der Waals surface area contributed by atoms with Crippen LogP contribution in [0.25, 0.3) is 0 Å². The minimum atomic E-state index is -0.673. The summed E-state index contributed by atoms with van der Waals surface area (Å²) in [6, 6.07) is 7.86. The average molecular weight is 340 g/mol. The third kappa shape index (κ3) is 2.63. The van der Waals surface area contributed by atoms with Gasteiger partial charge in [-0.1, -0.05) is 12.1 Å². The second-order valence-corrected chi connectivity index (χ2v) is 6.38. The molecule has 2 aromatic carbocycles. The van der Waals surface area contributed by atoms with Gasteiger partial charge in [-0.2, -0.15) is 0 Å². The Hall–Kier alpha value is -2.89. The zero-order valence-corrected chi connectivity index (χ0v) is 13.5. The molecule has 2 aliphatic heterocycles. The van der Waals surface area contributed by atoms with Crippen molar-refractivity contribution in [3.63, 3.8) is 0 Å². The first kappa shape index (κ1) is 15.6. The van der Waals surface area contributed by atoms with Gasteiger partial charge in [-0.25, -0.2) is 4.39 Å². The topological polar surface area (TPSA) is 69.6 Å². The van der Waals surface area contributed by atoms with Crippen LogP contribution in [0.3, 0.4) is 0 Å². The van der Waals surface area contributed by atoms with Gasteiger partial charge in [0.2, 0.25) is 5.91 Å². The highest BCUT2D eigenvalue weighted by Crippen LogP contribution is 2.37. The van der Waals surface area contributed by atoms with E-state index in [4.69, 9.17) is 0 Å². The van der Waals surface area contributed by atoms with Gasteiger partial charge in [-0.3, -0.25) is 9.59 Å². The molecule has 4 rings (SSSR count). The van der Waals surface area contributed by atoms with E-state index in [0.29, 0.717) is 30.8 Å². The summed E-state index contributed by atoms with van der Waals surface area (Å²) in [5, 5.41) is 12.8. The molecule has 0 saturated heterocycles. The van der Waals surface area contributed by atoms with E-state index in [1.807, 2.05) is 6.07 Å². The Labute approximate surface area is 144 Å². The van der Waals surface area contributed by atoms with Crippen molar-refractivity contribution < 1.29 is 19.1 Å². The molecule has 0 fully saturated rings. The Bertz CT molecular complexity index is 894. The normalized spacial score (nSPS) is 16.0. The highest BCUT2D eigenvalue weighted by molar-refractivity contribution is 6.08. The summed E-state index contributed by atoms with van der Waals surface area (Å²) in [6.07, 6.45) is 2.32.